The van der Waals surface area contributed by atoms with Crippen LogP contribution < -0.4 is 15.2 Å². The van der Waals surface area contributed by atoms with Gasteiger partial charge in [0.15, 0.2) is 6.04 Å². The second-order valence-electron chi connectivity index (χ2n) is 13.0. The molecule has 4 atom stereocenters. The van der Waals surface area contributed by atoms with E-state index in [-0.39, 0.29) is 40.5 Å². The highest BCUT2D eigenvalue weighted by Gasteiger charge is 2.48. The number of ether oxygens (including phenoxy) is 2. The standard InChI is InChI=1S/C34H44ClF2N3O3S/c35-30-14-11-24(21-31(30)43-27-7-3-4-8-27)34(36,37)32(33(41)40-17-15-25(38)16-18-40)39-44-29-13-10-22-19-28(12-9-23(22)20-29)42-26-5-1-2-6-26/h9-14,19,21-23,25-27,29,32,39H,1-8,15-18,20,38H2/t22?,23?,29?,32-/m1/s1. The molecule has 0 aromatic heterocycles. The Morgan fingerprint density at radius 1 is 1.00 bits per heavy atom. The molecule has 0 spiro atoms. The van der Waals surface area contributed by atoms with Crippen molar-refractivity contribution in [3.8, 4) is 5.75 Å². The zero-order valence-corrected chi connectivity index (χ0v) is 26.7. The van der Waals surface area contributed by atoms with Gasteiger partial charge in [-0.25, -0.2) is 4.72 Å². The van der Waals surface area contributed by atoms with Crippen LogP contribution in [0.4, 0.5) is 8.78 Å². The Morgan fingerprint density at radius 3 is 2.39 bits per heavy atom. The maximum atomic E-state index is 16.5. The molecule has 2 saturated carbocycles. The van der Waals surface area contributed by atoms with Crippen molar-refractivity contribution in [1.29, 1.82) is 0 Å². The van der Waals surface area contributed by atoms with Gasteiger partial charge in [0.2, 0.25) is 5.91 Å². The van der Waals surface area contributed by atoms with E-state index in [1.807, 2.05) is 0 Å². The first-order chi connectivity index (χ1) is 21.3. The second-order valence-corrected chi connectivity index (χ2v) is 14.5. The summed E-state index contributed by atoms with van der Waals surface area (Å²) in [7, 11) is 0. The summed E-state index contributed by atoms with van der Waals surface area (Å²) in [6.45, 7) is 0.732. The summed E-state index contributed by atoms with van der Waals surface area (Å²) in [5.74, 6) is -2.49. The van der Waals surface area contributed by atoms with E-state index in [9.17, 15) is 4.79 Å². The summed E-state index contributed by atoms with van der Waals surface area (Å²) in [4.78, 5) is 15.3. The van der Waals surface area contributed by atoms with Crippen molar-refractivity contribution in [1.82, 2.24) is 9.62 Å². The lowest BCUT2D eigenvalue weighted by atomic mass is 9.81. The van der Waals surface area contributed by atoms with Crippen LogP contribution in [0.3, 0.4) is 0 Å². The number of hydrogen-bond donors (Lipinski definition) is 2. The third-order valence-corrected chi connectivity index (χ3v) is 11.1. The molecule has 1 aromatic rings. The highest BCUT2D eigenvalue weighted by Crippen LogP contribution is 2.41. The van der Waals surface area contributed by atoms with Crippen LogP contribution in [0.15, 0.2) is 54.3 Å². The second kappa shape index (κ2) is 14.1. The molecule has 4 aliphatic carbocycles. The van der Waals surface area contributed by atoms with Gasteiger partial charge in [-0.2, -0.15) is 8.78 Å². The first-order valence-corrected chi connectivity index (χ1v) is 17.6. The Labute approximate surface area is 268 Å². The average Bonchev–Trinajstić information content (AvgIpc) is 3.73. The van der Waals surface area contributed by atoms with Gasteiger partial charge in [-0.1, -0.05) is 47.8 Å². The van der Waals surface area contributed by atoms with Gasteiger partial charge in [-0.05, 0) is 101 Å². The van der Waals surface area contributed by atoms with Crippen molar-refractivity contribution in [3.63, 3.8) is 0 Å². The first kappa shape index (κ1) is 31.9. The number of nitrogens with two attached hydrogens (primary N) is 1. The van der Waals surface area contributed by atoms with Gasteiger partial charge in [0.05, 0.1) is 17.2 Å². The van der Waals surface area contributed by atoms with Gasteiger partial charge in [0.25, 0.3) is 5.92 Å². The third kappa shape index (κ3) is 7.48. The van der Waals surface area contributed by atoms with Crippen LogP contribution in [0.2, 0.25) is 5.02 Å². The summed E-state index contributed by atoms with van der Waals surface area (Å²) < 4.78 is 48.1. The van der Waals surface area contributed by atoms with Crippen LogP contribution in [0.25, 0.3) is 0 Å². The van der Waals surface area contributed by atoms with Crippen LogP contribution in [-0.2, 0) is 15.5 Å². The predicted octanol–water partition coefficient (Wildman–Crippen LogP) is 7.28. The van der Waals surface area contributed by atoms with Crippen LogP contribution in [0.5, 0.6) is 5.75 Å². The number of halogens is 3. The van der Waals surface area contributed by atoms with Crippen LogP contribution >= 0.6 is 23.5 Å². The molecule has 1 saturated heterocycles. The van der Waals surface area contributed by atoms with E-state index in [4.69, 9.17) is 26.8 Å². The van der Waals surface area contributed by atoms with E-state index in [0.717, 1.165) is 50.7 Å². The van der Waals surface area contributed by atoms with Gasteiger partial charge in [0.1, 0.15) is 11.5 Å². The molecule has 6 nitrogen and oxygen atoms in total. The fourth-order valence-electron chi connectivity index (χ4n) is 7.00. The Hall–Kier alpha value is -2.07. The fourth-order valence-corrected chi connectivity index (χ4v) is 8.21. The Kier molecular flexibility index (Phi) is 10.3. The maximum absolute atomic E-state index is 16.5. The number of benzene rings is 1. The number of fused-ring (bicyclic) bond motifs is 1. The molecule has 1 heterocycles. The van der Waals surface area contributed by atoms with Gasteiger partial charge in [0, 0.05) is 35.9 Å². The smallest absolute Gasteiger partial charge is 0.298 e. The number of alkyl halides is 2. The number of carbonyl (C=O) groups is 1. The van der Waals surface area contributed by atoms with E-state index in [1.54, 1.807) is 0 Å². The summed E-state index contributed by atoms with van der Waals surface area (Å²) in [6.07, 6.45) is 21.4. The molecule has 1 aliphatic heterocycles. The summed E-state index contributed by atoms with van der Waals surface area (Å²) in [5, 5.41) is 0.221. The minimum absolute atomic E-state index is 0.0195. The molecule has 240 valence electrons. The zero-order chi connectivity index (χ0) is 30.7. The lowest BCUT2D eigenvalue weighted by Crippen LogP contribution is -2.55. The van der Waals surface area contributed by atoms with Gasteiger partial charge in [-0.15, -0.1) is 0 Å². The molecule has 0 bridgehead atoms. The van der Waals surface area contributed by atoms with Crippen LogP contribution in [0.1, 0.15) is 76.2 Å². The molecule has 3 N–H and O–H groups in total. The molecule has 3 unspecified atom stereocenters. The molecule has 6 rings (SSSR count). The first-order valence-electron chi connectivity index (χ1n) is 16.3. The van der Waals surface area contributed by atoms with E-state index in [1.165, 1.54) is 47.9 Å². The van der Waals surface area contributed by atoms with Crippen molar-refractivity contribution in [2.24, 2.45) is 17.6 Å². The van der Waals surface area contributed by atoms with Gasteiger partial charge in [-0.3, -0.25) is 4.79 Å². The quantitative estimate of drug-likeness (QED) is 0.205. The largest absolute Gasteiger partial charge is 0.491 e. The number of nitrogens with one attached hydrogen (secondary N) is 1. The molecule has 1 amide bonds. The molecular formula is C34H44ClF2N3O3S. The van der Waals surface area contributed by atoms with Crippen LogP contribution in [0, 0.1) is 11.8 Å². The summed E-state index contributed by atoms with van der Waals surface area (Å²) in [6, 6.07) is 2.28. The molecule has 44 heavy (non-hydrogen) atoms. The highest BCUT2D eigenvalue weighted by molar-refractivity contribution is 7.98. The van der Waals surface area contributed by atoms with Crippen molar-refractivity contribution < 1.29 is 23.0 Å². The Morgan fingerprint density at radius 2 is 1.68 bits per heavy atom. The number of carbonyl (C=O) groups excluding carboxylic acids is 1. The molecule has 1 aromatic carbocycles. The van der Waals surface area contributed by atoms with Crippen LogP contribution in [-0.4, -0.2) is 53.4 Å². The third-order valence-electron chi connectivity index (χ3n) is 9.73. The van der Waals surface area contributed by atoms with Crippen molar-refractivity contribution in [2.75, 3.05) is 13.1 Å². The number of likely N-dealkylation sites (tertiary alicyclic amines) is 1. The van der Waals surface area contributed by atoms with E-state index in [0.29, 0.717) is 37.1 Å². The highest BCUT2D eigenvalue weighted by atomic mass is 35.5. The van der Waals surface area contributed by atoms with Gasteiger partial charge < -0.3 is 20.1 Å². The van der Waals surface area contributed by atoms with E-state index >= 15 is 8.78 Å². The lowest BCUT2D eigenvalue weighted by molar-refractivity contribution is -0.145. The monoisotopic (exact) mass is 647 g/mol. The maximum Gasteiger partial charge on any atom is 0.298 e. The topological polar surface area (TPSA) is 76.8 Å². The summed E-state index contributed by atoms with van der Waals surface area (Å²) in [5.41, 5.74) is 5.76. The number of amides is 1. The minimum atomic E-state index is -3.51. The Balaban J connectivity index is 1.17. The summed E-state index contributed by atoms with van der Waals surface area (Å²) >= 11 is 7.57. The number of allylic oxidation sites excluding steroid dienone is 4. The molecule has 3 fully saturated rings. The van der Waals surface area contributed by atoms with Crippen molar-refractivity contribution in [3.05, 3.63) is 64.9 Å². The van der Waals surface area contributed by atoms with E-state index in [2.05, 4.69) is 35.1 Å². The number of piperidine rings is 1. The number of hydrogen-bond acceptors (Lipinski definition) is 6. The SMILES string of the molecule is NC1CCN(C(=O)[C@@H](NSC2C=CC3C=C(OC4CCCC4)C=CC3C2)C(F)(F)c2ccc(Cl)c(OC3CCCC3)c2)CC1. The predicted molar refractivity (Wildman–Crippen MR) is 172 cm³/mol. The van der Waals surface area contributed by atoms with E-state index < -0.39 is 17.9 Å². The molecule has 10 heteroatoms. The lowest BCUT2D eigenvalue weighted by Gasteiger charge is -2.36. The average molecular weight is 648 g/mol. The van der Waals surface area contributed by atoms with Crippen molar-refractivity contribution >= 4 is 29.5 Å². The fraction of sp³-hybridized carbons (Fsp3) is 0.618. The number of nitrogens with zero attached hydrogens (tertiary/aromatic N) is 1. The number of rotatable bonds is 10. The molecular weight excluding hydrogens is 604 g/mol. The Bertz CT molecular complexity index is 1260. The minimum Gasteiger partial charge on any atom is -0.491 e. The molecule has 0 radical (unpaired) electrons. The normalized spacial score (nSPS) is 27.3. The van der Waals surface area contributed by atoms with Crippen molar-refractivity contribution in [2.45, 2.75) is 106 Å². The molecule has 5 aliphatic rings. The zero-order valence-electron chi connectivity index (χ0n) is 25.1. The van der Waals surface area contributed by atoms with Gasteiger partial charge >= 0.3 is 0 Å².